The van der Waals surface area contributed by atoms with Crippen molar-refractivity contribution in [1.82, 2.24) is 14.7 Å². The largest absolute Gasteiger partial charge is 0.393 e. The molecule has 1 atom stereocenters. The zero-order valence-electron chi connectivity index (χ0n) is 12.6. The van der Waals surface area contributed by atoms with Gasteiger partial charge in [-0.3, -0.25) is 14.5 Å². The van der Waals surface area contributed by atoms with E-state index in [0.717, 1.165) is 0 Å². The van der Waals surface area contributed by atoms with Crippen molar-refractivity contribution in [1.29, 1.82) is 0 Å². The van der Waals surface area contributed by atoms with Crippen LogP contribution in [-0.2, 0) is 9.59 Å². The number of carbonyl (C=O) groups is 2. The smallest absolute Gasteiger partial charge is 0.236 e. The standard InChI is InChI=1S/C14H24FN3O3/c1-12(20)17-5-7-18(8-6-17)13(21)9-16-4-2-3-14(15,10-16)11-19/h19H,2-11H2,1H3. The predicted molar refractivity (Wildman–Crippen MR) is 75.4 cm³/mol. The van der Waals surface area contributed by atoms with Crippen molar-refractivity contribution >= 4 is 11.8 Å². The summed E-state index contributed by atoms with van der Waals surface area (Å²) < 4.78 is 14.1. The summed E-state index contributed by atoms with van der Waals surface area (Å²) in [5.41, 5.74) is -1.58. The van der Waals surface area contributed by atoms with Crippen LogP contribution in [0, 0.1) is 0 Å². The van der Waals surface area contributed by atoms with E-state index in [9.17, 15) is 14.0 Å². The van der Waals surface area contributed by atoms with Crippen molar-refractivity contribution in [2.45, 2.75) is 25.4 Å². The molecule has 0 aromatic rings. The maximum absolute atomic E-state index is 14.1. The highest BCUT2D eigenvalue weighted by atomic mass is 19.1. The molecule has 0 aromatic carbocycles. The first-order chi connectivity index (χ1) is 9.93. The van der Waals surface area contributed by atoms with Crippen molar-refractivity contribution in [2.75, 3.05) is 52.4 Å². The average molecular weight is 301 g/mol. The van der Waals surface area contributed by atoms with Gasteiger partial charge in [-0.15, -0.1) is 0 Å². The number of rotatable bonds is 3. The maximum Gasteiger partial charge on any atom is 0.236 e. The van der Waals surface area contributed by atoms with Crippen LogP contribution in [0.5, 0.6) is 0 Å². The third kappa shape index (κ3) is 4.14. The summed E-state index contributed by atoms with van der Waals surface area (Å²) in [5.74, 6) is 0.00341. The first kappa shape index (κ1) is 16.2. The molecule has 1 N–H and O–H groups in total. The fourth-order valence-electron chi connectivity index (χ4n) is 3.00. The molecule has 120 valence electrons. The summed E-state index contributed by atoms with van der Waals surface area (Å²) in [6, 6.07) is 0. The lowest BCUT2D eigenvalue weighted by atomic mass is 9.95. The van der Waals surface area contributed by atoms with E-state index in [1.54, 1.807) is 14.7 Å². The summed E-state index contributed by atoms with van der Waals surface area (Å²) in [6.45, 7) is 4.21. The van der Waals surface area contributed by atoms with Gasteiger partial charge in [0.2, 0.25) is 11.8 Å². The second-order valence-corrected chi connectivity index (χ2v) is 6.01. The minimum absolute atomic E-state index is 0.0274. The third-order valence-electron chi connectivity index (χ3n) is 4.33. The van der Waals surface area contributed by atoms with Crippen molar-refractivity contribution in [3.05, 3.63) is 0 Å². The number of hydrogen-bond acceptors (Lipinski definition) is 4. The molecule has 1 unspecified atom stereocenters. The van der Waals surface area contributed by atoms with Crippen molar-refractivity contribution in [3.63, 3.8) is 0 Å². The van der Waals surface area contributed by atoms with E-state index in [1.807, 2.05) is 0 Å². The molecule has 2 amide bonds. The number of carbonyl (C=O) groups excluding carboxylic acids is 2. The van der Waals surface area contributed by atoms with E-state index in [2.05, 4.69) is 0 Å². The number of alkyl halides is 1. The first-order valence-electron chi connectivity index (χ1n) is 7.49. The molecule has 7 heteroatoms. The Balaban J connectivity index is 1.81. The molecule has 0 spiro atoms. The molecule has 0 bridgehead atoms. The van der Waals surface area contributed by atoms with Crippen LogP contribution in [0.2, 0.25) is 0 Å². The molecule has 21 heavy (non-hydrogen) atoms. The molecule has 2 heterocycles. The van der Waals surface area contributed by atoms with Crippen LogP contribution in [0.4, 0.5) is 4.39 Å². The quantitative estimate of drug-likeness (QED) is 0.761. The monoisotopic (exact) mass is 301 g/mol. The molecule has 0 aliphatic carbocycles. The molecule has 2 aliphatic rings. The van der Waals surface area contributed by atoms with Gasteiger partial charge in [0.15, 0.2) is 0 Å². The van der Waals surface area contributed by atoms with Gasteiger partial charge < -0.3 is 14.9 Å². The van der Waals surface area contributed by atoms with Crippen LogP contribution < -0.4 is 0 Å². The molecule has 2 saturated heterocycles. The fourth-order valence-corrected chi connectivity index (χ4v) is 3.00. The average Bonchev–Trinajstić information content (AvgIpc) is 2.47. The Morgan fingerprint density at radius 1 is 1.14 bits per heavy atom. The Morgan fingerprint density at radius 2 is 1.76 bits per heavy atom. The van der Waals surface area contributed by atoms with Gasteiger partial charge in [-0.1, -0.05) is 0 Å². The predicted octanol–water partition coefficient (Wildman–Crippen LogP) is -0.526. The number of piperazine rings is 1. The number of amides is 2. The van der Waals surface area contributed by atoms with Gasteiger partial charge in [-0.2, -0.15) is 0 Å². The van der Waals surface area contributed by atoms with Gasteiger partial charge in [0.1, 0.15) is 5.67 Å². The Bertz CT molecular complexity index is 399. The zero-order chi connectivity index (χ0) is 15.5. The van der Waals surface area contributed by atoms with E-state index >= 15 is 0 Å². The topological polar surface area (TPSA) is 64.1 Å². The van der Waals surface area contributed by atoms with Crippen LogP contribution in [0.3, 0.4) is 0 Å². The second-order valence-electron chi connectivity index (χ2n) is 6.01. The molecule has 0 aromatic heterocycles. The summed E-state index contributed by atoms with van der Waals surface area (Å²) >= 11 is 0. The van der Waals surface area contributed by atoms with Crippen LogP contribution in [-0.4, -0.2) is 89.7 Å². The van der Waals surface area contributed by atoms with Gasteiger partial charge in [-0.05, 0) is 19.4 Å². The van der Waals surface area contributed by atoms with Crippen LogP contribution in [0.25, 0.3) is 0 Å². The van der Waals surface area contributed by atoms with Crippen LogP contribution >= 0.6 is 0 Å². The van der Waals surface area contributed by atoms with Gasteiger partial charge in [0.05, 0.1) is 13.2 Å². The van der Waals surface area contributed by atoms with Crippen molar-refractivity contribution < 1.29 is 19.1 Å². The van der Waals surface area contributed by atoms with E-state index in [1.165, 1.54) is 6.92 Å². The minimum Gasteiger partial charge on any atom is -0.393 e. The van der Waals surface area contributed by atoms with Gasteiger partial charge in [0.25, 0.3) is 0 Å². The van der Waals surface area contributed by atoms with E-state index in [-0.39, 0.29) is 24.9 Å². The third-order valence-corrected chi connectivity index (χ3v) is 4.33. The SMILES string of the molecule is CC(=O)N1CCN(C(=O)CN2CCCC(F)(CO)C2)CC1. The number of aliphatic hydroxyl groups is 1. The Hall–Kier alpha value is -1.21. The molecule has 2 aliphatic heterocycles. The molecule has 2 rings (SSSR count). The van der Waals surface area contributed by atoms with E-state index in [4.69, 9.17) is 5.11 Å². The molecule has 0 saturated carbocycles. The highest BCUT2D eigenvalue weighted by molar-refractivity contribution is 5.79. The molecular weight excluding hydrogens is 277 g/mol. The van der Waals surface area contributed by atoms with Crippen LogP contribution in [0.15, 0.2) is 0 Å². The lowest BCUT2D eigenvalue weighted by Crippen LogP contribution is -2.54. The van der Waals surface area contributed by atoms with Crippen molar-refractivity contribution in [2.24, 2.45) is 0 Å². The number of piperidine rings is 1. The Morgan fingerprint density at radius 3 is 2.33 bits per heavy atom. The summed E-state index contributed by atoms with van der Waals surface area (Å²) in [6.07, 6.45) is 1.01. The van der Waals surface area contributed by atoms with Gasteiger partial charge in [-0.25, -0.2) is 4.39 Å². The number of aliphatic hydroxyl groups excluding tert-OH is 1. The highest BCUT2D eigenvalue weighted by Gasteiger charge is 2.36. The lowest BCUT2D eigenvalue weighted by Gasteiger charge is -2.38. The number of likely N-dealkylation sites (tertiary alicyclic amines) is 1. The van der Waals surface area contributed by atoms with E-state index < -0.39 is 12.3 Å². The van der Waals surface area contributed by atoms with Gasteiger partial charge >= 0.3 is 0 Å². The summed E-state index contributed by atoms with van der Waals surface area (Å²) in [5, 5.41) is 9.10. The molecule has 2 fully saturated rings. The highest BCUT2D eigenvalue weighted by Crippen LogP contribution is 2.24. The Kier molecular flexibility index (Phi) is 5.16. The lowest BCUT2D eigenvalue weighted by molar-refractivity contribution is -0.140. The number of halogens is 1. The van der Waals surface area contributed by atoms with Gasteiger partial charge in [0, 0.05) is 39.6 Å². The van der Waals surface area contributed by atoms with E-state index in [0.29, 0.717) is 45.6 Å². The fraction of sp³-hybridized carbons (Fsp3) is 0.857. The Labute approximate surface area is 124 Å². The molecular formula is C14H24FN3O3. The normalized spacial score (nSPS) is 27.8. The van der Waals surface area contributed by atoms with Crippen LogP contribution in [0.1, 0.15) is 19.8 Å². The number of nitrogens with zero attached hydrogens (tertiary/aromatic N) is 3. The summed E-state index contributed by atoms with van der Waals surface area (Å²) in [7, 11) is 0. The maximum atomic E-state index is 14.1. The molecule has 6 nitrogen and oxygen atoms in total. The summed E-state index contributed by atoms with van der Waals surface area (Å²) in [4.78, 5) is 28.7. The molecule has 0 radical (unpaired) electrons. The second kappa shape index (κ2) is 6.70. The van der Waals surface area contributed by atoms with Crippen molar-refractivity contribution in [3.8, 4) is 0 Å². The first-order valence-corrected chi connectivity index (χ1v) is 7.49. The minimum atomic E-state index is -1.58. The number of hydrogen-bond donors (Lipinski definition) is 1. The zero-order valence-corrected chi connectivity index (χ0v) is 12.6.